The van der Waals surface area contributed by atoms with E-state index in [-0.39, 0.29) is 11.8 Å². The normalized spacial score (nSPS) is 11.9. The van der Waals surface area contributed by atoms with Gasteiger partial charge < -0.3 is 10.6 Å². The molecule has 0 rings (SSSR count). The lowest BCUT2D eigenvalue weighted by Gasteiger charge is -2.11. The number of hydrogen-bond donors (Lipinski definition) is 2. The quantitative estimate of drug-likeness (QED) is 0.629. The van der Waals surface area contributed by atoms with Crippen molar-refractivity contribution >= 4 is 11.8 Å². The topological polar surface area (TPSA) is 58.2 Å². The molecule has 0 saturated heterocycles. The first-order valence-corrected chi connectivity index (χ1v) is 4.12. The van der Waals surface area contributed by atoms with Crippen LogP contribution >= 0.6 is 0 Å². The number of carbonyl (C=O) groups is 2. The van der Waals surface area contributed by atoms with Gasteiger partial charge in [0.05, 0.1) is 0 Å². The van der Waals surface area contributed by atoms with Gasteiger partial charge in [0.1, 0.15) is 6.04 Å². The van der Waals surface area contributed by atoms with E-state index < -0.39 is 6.04 Å². The molecular formula is C8H16N2O2. The molecule has 4 nitrogen and oxygen atoms in total. The fourth-order valence-corrected chi connectivity index (χ4v) is 0.772. The van der Waals surface area contributed by atoms with Gasteiger partial charge in [-0.2, -0.15) is 0 Å². The van der Waals surface area contributed by atoms with E-state index in [4.69, 9.17) is 0 Å². The van der Waals surface area contributed by atoms with Crippen molar-refractivity contribution in [3.63, 3.8) is 0 Å². The number of hydrogen-bond acceptors (Lipinski definition) is 2. The molecule has 0 spiro atoms. The molecule has 0 radical (unpaired) electrons. The van der Waals surface area contributed by atoms with Gasteiger partial charge in [-0.25, -0.2) is 0 Å². The van der Waals surface area contributed by atoms with Gasteiger partial charge in [0.15, 0.2) is 0 Å². The van der Waals surface area contributed by atoms with E-state index in [1.54, 1.807) is 6.92 Å². The smallest absolute Gasteiger partial charge is 0.242 e. The number of rotatable bonds is 4. The van der Waals surface area contributed by atoms with Crippen molar-refractivity contribution in [1.82, 2.24) is 10.6 Å². The molecule has 0 aliphatic heterocycles. The average molecular weight is 172 g/mol. The summed E-state index contributed by atoms with van der Waals surface area (Å²) >= 11 is 0. The average Bonchev–Trinajstić information content (AvgIpc) is 1.98. The first kappa shape index (κ1) is 10.9. The summed E-state index contributed by atoms with van der Waals surface area (Å²) in [7, 11) is 0. The van der Waals surface area contributed by atoms with E-state index in [1.807, 2.05) is 6.92 Å². The van der Waals surface area contributed by atoms with E-state index in [2.05, 4.69) is 10.6 Å². The maximum Gasteiger partial charge on any atom is 0.242 e. The lowest BCUT2D eigenvalue weighted by Crippen LogP contribution is -2.44. The van der Waals surface area contributed by atoms with Crippen LogP contribution in [0.4, 0.5) is 0 Å². The molecule has 0 aliphatic rings. The molecule has 0 bridgehead atoms. The van der Waals surface area contributed by atoms with E-state index in [1.165, 1.54) is 6.92 Å². The van der Waals surface area contributed by atoms with Crippen LogP contribution in [-0.2, 0) is 9.59 Å². The van der Waals surface area contributed by atoms with Gasteiger partial charge in [-0.05, 0) is 13.3 Å². The summed E-state index contributed by atoms with van der Waals surface area (Å²) in [6, 6.07) is -0.436. The fourth-order valence-electron chi connectivity index (χ4n) is 0.772. The molecule has 0 aromatic heterocycles. The largest absolute Gasteiger partial charge is 0.354 e. The molecule has 0 aromatic carbocycles. The van der Waals surface area contributed by atoms with E-state index in [0.717, 1.165) is 6.42 Å². The Balaban J connectivity index is 3.69. The highest BCUT2D eigenvalue weighted by Gasteiger charge is 2.11. The standard InChI is InChI=1S/C8H16N2O2/c1-4-5-9-8(12)6(2)10-7(3)11/h6H,4-5H2,1-3H3,(H,9,12)(H,10,11)/t6-/m1/s1. The molecule has 2 N–H and O–H groups in total. The van der Waals surface area contributed by atoms with Gasteiger partial charge >= 0.3 is 0 Å². The third kappa shape index (κ3) is 4.71. The summed E-state index contributed by atoms with van der Waals surface area (Å²) in [5.41, 5.74) is 0. The highest BCUT2D eigenvalue weighted by molar-refractivity contribution is 5.86. The van der Waals surface area contributed by atoms with Gasteiger partial charge in [0.2, 0.25) is 11.8 Å². The summed E-state index contributed by atoms with van der Waals surface area (Å²) in [6.07, 6.45) is 0.901. The van der Waals surface area contributed by atoms with Crippen molar-refractivity contribution < 1.29 is 9.59 Å². The highest BCUT2D eigenvalue weighted by Crippen LogP contribution is 1.82. The van der Waals surface area contributed by atoms with Gasteiger partial charge in [-0.15, -0.1) is 0 Å². The maximum atomic E-state index is 11.1. The second-order valence-electron chi connectivity index (χ2n) is 2.71. The second kappa shape index (κ2) is 5.57. The Bertz CT molecular complexity index is 168. The van der Waals surface area contributed by atoms with Crippen LogP contribution < -0.4 is 10.6 Å². The molecule has 1 atom stereocenters. The monoisotopic (exact) mass is 172 g/mol. The van der Waals surface area contributed by atoms with Crippen LogP contribution in [-0.4, -0.2) is 24.4 Å². The van der Waals surface area contributed by atoms with Crippen LogP contribution in [0.5, 0.6) is 0 Å². The Labute approximate surface area is 72.7 Å². The zero-order valence-corrected chi connectivity index (χ0v) is 7.81. The summed E-state index contributed by atoms with van der Waals surface area (Å²) < 4.78 is 0. The predicted octanol–water partition coefficient (Wildman–Crippen LogP) is 0.0372. The molecular weight excluding hydrogens is 156 g/mol. The van der Waals surface area contributed by atoms with Crippen molar-refractivity contribution in [3.8, 4) is 0 Å². The highest BCUT2D eigenvalue weighted by atomic mass is 16.2. The minimum atomic E-state index is -0.436. The number of nitrogens with one attached hydrogen (secondary N) is 2. The molecule has 0 aromatic rings. The Morgan fingerprint density at radius 3 is 2.42 bits per heavy atom. The minimum absolute atomic E-state index is 0.132. The zero-order chi connectivity index (χ0) is 9.56. The molecule has 0 aliphatic carbocycles. The fraction of sp³-hybridized carbons (Fsp3) is 0.750. The Kier molecular flexibility index (Phi) is 5.08. The van der Waals surface area contributed by atoms with E-state index >= 15 is 0 Å². The molecule has 0 fully saturated rings. The van der Waals surface area contributed by atoms with Crippen molar-refractivity contribution in [3.05, 3.63) is 0 Å². The summed E-state index contributed by atoms with van der Waals surface area (Å²) in [5.74, 6) is -0.318. The second-order valence-corrected chi connectivity index (χ2v) is 2.71. The summed E-state index contributed by atoms with van der Waals surface area (Å²) in [6.45, 7) is 5.68. The van der Waals surface area contributed by atoms with Gasteiger partial charge in [0.25, 0.3) is 0 Å². The van der Waals surface area contributed by atoms with Crippen LogP contribution in [0.25, 0.3) is 0 Å². The molecule has 0 saturated carbocycles. The zero-order valence-electron chi connectivity index (χ0n) is 7.81. The van der Waals surface area contributed by atoms with Gasteiger partial charge in [-0.3, -0.25) is 9.59 Å². The van der Waals surface area contributed by atoms with E-state index in [0.29, 0.717) is 6.54 Å². The maximum absolute atomic E-state index is 11.1. The van der Waals surface area contributed by atoms with Crippen molar-refractivity contribution in [1.29, 1.82) is 0 Å². The van der Waals surface area contributed by atoms with Crippen LogP contribution in [0.15, 0.2) is 0 Å². The summed E-state index contributed by atoms with van der Waals surface area (Å²) in [5, 5.41) is 5.18. The van der Waals surface area contributed by atoms with Crippen LogP contribution in [0.2, 0.25) is 0 Å². The third-order valence-corrected chi connectivity index (χ3v) is 1.36. The molecule has 2 amide bonds. The molecule has 12 heavy (non-hydrogen) atoms. The third-order valence-electron chi connectivity index (χ3n) is 1.36. The first-order valence-electron chi connectivity index (χ1n) is 4.12. The first-order chi connectivity index (χ1) is 5.57. The minimum Gasteiger partial charge on any atom is -0.354 e. The lowest BCUT2D eigenvalue weighted by atomic mass is 10.3. The molecule has 4 heteroatoms. The van der Waals surface area contributed by atoms with Crippen molar-refractivity contribution in [2.45, 2.75) is 33.2 Å². The van der Waals surface area contributed by atoms with Crippen LogP contribution in [0.3, 0.4) is 0 Å². The molecule has 0 heterocycles. The van der Waals surface area contributed by atoms with Crippen LogP contribution in [0, 0.1) is 0 Å². The number of carbonyl (C=O) groups excluding carboxylic acids is 2. The molecule has 0 unspecified atom stereocenters. The molecule has 70 valence electrons. The van der Waals surface area contributed by atoms with Gasteiger partial charge in [-0.1, -0.05) is 6.92 Å². The summed E-state index contributed by atoms with van der Waals surface area (Å²) in [4.78, 5) is 21.7. The lowest BCUT2D eigenvalue weighted by molar-refractivity contribution is -0.127. The Morgan fingerprint density at radius 1 is 1.42 bits per heavy atom. The van der Waals surface area contributed by atoms with E-state index in [9.17, 15) is 9.59 Å². The Morgan fingerprint density at radius 2 is 2.00 bits per heavy atom. The van der Waals surface area contributed by atoms with Crippen molar-refractivity contribution in [2.75, 3.05) is 6.54 Å². The SMILES string of the molecule is CCCNC(=O)[C@@H](C)NC(C)=O. The van der Waals surface area contributed by atoms with Crippen molar-refractivity contribution in [2.24, 2.45) is 0 Å². The predicted molar refractivity (Wildman–Crippen MR) is 46.6 cm³/mol. The number of amides is 2. The Hall–Kier alpha value is -1.06. The van der Waals surface area contributed by atoms with Gasteiger partial charge in [0, 0.05) is 13.5 Å². The van der Waals surface area contributed by atoms with Crippen LogP contribution in [0.1, 0.15) is 27.2 Å².